The number of ether oxygens (including phenoxy) is 2. The van der Waals surface area contributed by atoms with Crippen molar-refractivity contribution < 1.29 is 23.9 Å². The maximum Gasteiger partial charge on any atom is 0.317 e. The number of carbonyl (C=O) groups is 3. The van der Waals surface area contributed by atoms with E-state index in [1.165, 1.54) is 39.2 Å². The van der Waals surface area contributed by atoms with E-state index in [0.717, 1.165) is 51.4 Å². The lowest BCUT2D eigenvalue weighted by molar-refractivity contribution is -0.158. The highest BCUT2D eigenvalue weighted by Crippen LogP contribution is 2.09. The molecule has 0 aliphatic carbocycles. The molecule has 0 saturated carbocycles. The highest BCUT2D eigenvalue weighted by atomic mass is 16.6. The monoisotopic (exact) mass is 422 g/mol. The van der Waals surface area contributed by atoms with Crippen molar-refractivity contribution in [2.45, 2.75) is 110 Å². The Kier molecular flexibility index (Phi) is 20.4. The Balaban J connectivity index is 3.54. The number of carbonyl (C=O) groups excluding carboxylic acids is 3. The van der Waals surface area contributed by atoms with E-state index in [4.69, 9.17) is 4.74 Å². The van der Waals surface area contributed by atoms with Crippen LogP contribution in [0, 0.1) is 0 Å². The molecule has 30 heavy (non-hydrogen) atoms. The largest absolute Gasteiger partial charge is 0.469 e. The molecule has 0 amide bonds. The summed E-state index contributed by atoms with van der Waals surface area (Å²) in [5, 5.41) is 0. The molecule has 0 aliphatic rings. The lowest BCUT2D eigenvalue weighted by Gasteiger charge is -2.00. The molecule has 0 N–H and O–H groups in total. The predicted octanol–water partition coefficient (Wildman–Crippen LogP) is 6.60. The van der Waals surface area contributed by atoms with Gasteiger partial charge in [0.05, 0.1) is 20.0 Å². The van der Waals surface area contributed by atoms with E-state index in [-0.39, 0.29) is 18.8 Å². The van der Waals surface area contributed by atoms with Gasteiger partial charge in [0.15, 0.2) is 0 Å². The molecule has 0 aromatic rings. The second-order valence-corrected chi connectivity index (χ2v) is 7.64. The second kappa shape index (κ2) is 21.8. The van der Waals surface area contributed by atoms with Gasteiger partial charge in [-0.2, -0.15) is 0 Å². The first-order valence-corrected chi connectivity index (χ1v) is 11.7. The van der Waals surface area contributed by atoms with Crippen molar-refractivity contribution in [1.29, 1.82) is 0 Å². The first-order valence-electron chi connectivity index (χ1n) is 11.7. The van der Waals surface area contributed by atoms with Crippen LogP contribution < -0.4 is 0 Å². The summed E-state index contributed by atoms with van der Waals surface area (Å²) in [5.74, 6) is -1.13. The van der Waals surface area contributed by atoms with Gasteiger partial charge in [0.25, 0.3) is 0 Å². The van der Waals surface area contributed by atoms with Crippen LogP contribution >= 0.6 is 0 Å². The Bertz CT molecular complexity index is 508. The number of methoxy groups -OCH3 is 1. The number of rotatable bonds is 19. The maximum absolute atomic E-state index is 11.6. The van der Waals surface area contributed by atoms with Crippen LogP contribution in [-0.2, 0) is 23.9 Å². The summed E-state index contributed by atoms with van der Waals surface area (Å²) >= 11 is 0. The average Bonchev–Trinajstić information content (AvgIpc) is 2.73. The number of hydrogen-bond donors (Lipinski definition) is 0. The summed E-state index contributed by atoms with van der Waals surface area (Å²) in [6, 6.07) is 0. The van der Waals surface area contributed by atoms with Gasteiger partial charge in [0.2, 0.25) is 0 Å². The highest BCUT2D eigenvalue weighted by Gasteiger charge is 2.06. The van der Waals surface area contributed by atoms with Crippen LogP contribution in [0.4, 0.5) is 0 Å². The minimum absolute atomic E-state index is 0.131. The molecule has 0 aromatic heterocycles. The molecule has 0 heterocycles. The topological polar surface area (TPSA) is 69.7 Å². The van der Waals surface area contributed by atoms with Crippen LogP contribution in [0.3, 0.4) is 0 Å². The Morgan fingerprint density at radius 2 is 1.07 bits per heavy atom. The summed E-state index contributed by atoms with van der Waals surface area (Å²) in [4.78, 5) is 34.3. The van der Waals surface area contributed by atoms with Gasteiger partial charge in [-0.15, -0.1) is 0 Å². The van der Waals surface area contributed by atoms with Gasteiger partial charge in [-0.25, -0.2) is 0 Å². The number of allylic oxidation sites excluding steroid dienone is 2. The fraction of sp³-hybridized carbons (Fsp3) is 0.720. The van der Waals surface area contributed by atoms with E-state index in [1.54, 1.807) is 12.2 Å². The first kappa shape index (κ1) is 28.1. The van der Waals surface area contributed by atoms with Crippen molar-refractivity contribution in [2.24, 2.45) is 0 Å². The summed E-state index contributed by atoms with van der Waals surface area (Å²) in [6.45, 7) is 2.21. The van der Waals surface area contributed by atoms with E-state index >= 15 is 0 Å². The fourth-order valence-corrected chi connectivity index (χ4v) is 3.01. The molecule has 0 unspecified atom stereocenters. The summed E-state index contributed by atoms with van der Waals surface area (Å²) in [5.41, 5.74) is 0. The highest BCUT2D eigenvalue weighted by molar-refractivity contribution is 5.86. The van der Waals surface area contributed by atoms with Crippen LogP contribution in [0.25, 0.3) is 0 Å². The molecule has 0 aromatic carbocycles. The van der Waals surface area contributed by atoms with Gasteiger partial charge in [-0.3, -0.25) is 14.4 Å². The minimum atomic E-state index is -0.497. The Labute approximate surface area is 183 Å². The van der Waals surface area contributed by atoms with Gasteiger partial charge < -0.3 is 9.47 Å². The molecule has 172 valence electrons. The molecule has 5 nitrogen and oxygen atoms in total. The normalized spacial score (nSPS) is 11.3. The van der Waals surface area contributed by atoms with Gasteiger partial charge in [0.1, 0.15) is 0 Å². The number of unbranched alkanes of at least 4 members (excludes halogenated alkanes) is 11. The zero-order valence-electron chi connectivity index (χ0n) is 19.2. The maximum atomic E-state index is 11.6. The third-order valence-corrected chi connectivity index (χ3v) is 4.83. The van der Waals surface area contributed by atoms with Gasteiger partial charge >= 0.3 is 17.9 Å². The van der Waals surface area contributed by atoms with Crippen molar-refractivity contribution in [2.75, 3.05) is 7.11 Å². The first-order chi connectivity index (χ1) is 14.6. The molecule has 0 atom stereocenters. The Hall–Kier alpha value is -1.91. The summed E-state index contributed by atoms with van der Waals surface area (Å²) < 4.78 is 9.41. The van der Waals surface area contributed by atoms with Crippen molar-refractivity contribution in [3.8, 4) is 0 Å². The summed E-state index contributed by atoms with van der Waals surface area (Å²) in [7, 11) is 1.41. The zero-order valence-corrected chi connectivity index (χ0v) is 19.2. The molecule has 5 heteroatoms. The van der Waals surface area contributed by atoms with E-state index in [9.17, 15) is 14.4 Å². The minimum Gasteiger partial charge on any atom is -0.469 e. The molecule has 0 bridgehead atoms. The predicted molar refractivity (Wildman–Crippen MR) is 121 cm³/mol. The lowest BCUT2D eigenvalue weighted by Crippen LogP contribution is -2.10. The molecule has 0 radical (unpaired) electrons. The molecule has 0 spiro atoms. The van der Waals surface area contributed by atoms with Crippen LogP contribution in [0.1, 0.15) is 110 Å². The second-order valence-electron chi connectivity index (χ2n) is 7.64. The molecular weight excluding hydrogens is 380 g/mol. The SMILES string of the molecule is CCCCCCCC/C=C/CC(=O)OC(=O)C/C=C/CCCCCCCC(=O)OC. The lowest BCUT2D eigenvalue weighted by atomic mass is 10.1. The fourth-order valence-electron chi connectivity index (χ4n) is 3.01. The molecule has 0 saturated heterocycles. The van der Waals surface area contributed by atoms with Crippen molar-refractivity contribution in [3.63, 3.8) is 0 Å². The van der Waals surface area contributed by atoms with Crippen LogP contribution in [0.15, 0.2) is 24.3 Å². The third kappa shape index (κ3) is 20.8. The van der Waals surface area contributed by atoms with E-state index in [2.05, 4.69) is 11.7 Å². The number of esters is 3. The molecule has 0 fully saturated rings. The van der Waals surface area contributed by atoms with Gasteiger partial charge in [0, 0.05) is 6.42 Å². The van der Waals surface area contributed by atoms with Crippen molar-refractivity contribution >= 4 is 17.9 Å². The smallest absolute Gasteiger partial charge is 0.317 e. The Morgan fingerprint density at radius 3 is 1.57 bits per heavy atom. The van der Waals surface area contributed by atoms with Gasteiger partial charge in [-0.05, 0) is 32.1 Å². The van der Waals surface area contributed by atoms with E-state index < -0.39 is 11.9 Å². The average molecular weight is 423 g/mol. The molecule has 0 rings (SSSR count). The summed E-state index contributed by atoms with van der Waals surface area (Å²) in [6.07, 6.45) is 22.8. The number of hydrogen-bond acceptors (Lipinski definition) is 5. The molecular formula is C25H42O5. The van der Waals surface area contributed by atoms with E-state index in [0.29, 0.717) is 6.42 Å². The third-order valence-electron chi connectivity index (χ3n) is 4.83. The zero-order chi connectivity index (χ0) is 22.3. The Morgan fingerprint density at radius 1 is 0.600 bits per heavy atom. The van der Waals surface area contributed by atoms with E-state index in [1.807, 2.05) is 12.2 Å². The quantitative estimate of drug-likeness (QED) is 0.101. The van der Waals surface area contributed by atoms with Crippen LogP contribution in [-0.4, -0.2) is 25.0 Å². The van der Waals surface area contributed by atoms with Crippen molar-refractivity contribution in [1.82, 2.24) is 0 Å². The van der Waals surface area contributed by atoms with Crippen LogP contribution in [0.5, 0.6) is 0 Å². The molecule has 0 aliphatic heterocycles. The van der Waals surface area contributed by atoms with Crippen molar-refractivity contribution in [3.05, 3.63) is 24.3 Å². The van der Waals surface area contributed by atoms with Crippen LogP contribution in [0.2, 0.25) is 0 Å². The van der Waals surface area contributed by atoms with Gasteiger partial charge in [-0.1, -0.05) is 82.6 Å². The standard InChI is InChI=1S/C25H42O5/c1-3-4-5-6-7-8-12-15-18-21-24(27)30-25(28)22-19-16-13-10-9-11-14-17-20-23(26)29-2/h15-16,18-19H,3-14,17,20-22H2,1-2H3/b18-15+,19-16+.